The smallest absolute Gasteiger partial charge is 0.269 e. The lowest BCUT2D eigenvalue weighted by Gasteiger charge is -2.10. The highest BCUT2D eigenvalue weighted by Crippen LogP contribution is 2.26. The van der Waals surface area contributed by atoms with Crippen LogP contribution >= 0.6 is 11.8 Å². The van der Waals surface area contributed by atoms with Crippen molar-refractivity contribution in [2.45, 2.75) is 16.6 Å². The second-order valence-electron chi connectivity index (χ2n) is 6.17. The Balaban J connectivity index is 1.47. The standard InChI is InChI=1S/C20H17N5O2S/c1-24-11-10-21-20(24)28-15-8-6-14(7-9-15)23-18(26)13-25-17-5-3-2-4-16(17)22-12-19(25)27/h2-12H,13H2,1H3,(H,23,26). The highest BCUT2D eigenvalue weighted by molar-refractivity contribution is 7.99. The summed E-state index contributed by atoms with van der Waals surface area (Å²) in [5, 5.41) is 3.72. The Bertz CT molecular complexity index is 1200. The molecule has 2 aromatic carbocycles. The molecular formula is C20H17N5O2S. The van der Waals surface area contributed by atoms with E-state index in [-0.39, 0.29) is 18.0 Å². The predicted octanol–water partition coefficient (Wildman–Crippen LogP) is 2.92. The Kier molecular flexibility index (Phi) is 4.94. The third-order valence-corrected chi connectivity index (χ3v) is 5.26. The maximum absolute atomic E-state index is 12.5. The first-order valence-electron chi connectivity index (χ1n) is 8.60. The van der Waals surface area contributed by atoms with Crippen molar-refractivity contribution in [3.05, 3.63) is 77.5 Å². The fourth-order valence-electron chi connectivity index (χ4n) is 2.78. The summed E-state index contributed by atoms with van der Waals surface area (Å²) in [4.78, 5) is 34.0. The molecule has 1 amide bonds. The highest BCUT2D eigenvalue weighted by Gasteiger charge is 2.09. The topological polar surface area (TPSA) is 81.8 Å². The van der Waals surface area contributed by atoms with Crippen LogP contribution in [0.15, 0.2) is 82.0 Å². The second kappa shape index (κ2) is 7.69. The molecular weight excluding hydrogens is 374 g/mol. The van der Waals surface area contributed by atoms with Gasteiger partial charge in [-0.15, -0.1) is 0 Å². The number of amides is 1. The molecule has 4 rings (SSSR count). The van der Waals surface area contributed by atoms with Crippen LogP contribution < -0.4 is 10.9 Å². The molecule has 0 atom stereocenters. The third kappa shape index (κ3) is 3.81. The number of nitrogens with zero attached hydrogens (tertiary/aromatic N) is 4. The molecule has 2 heterocycles. The Morgan fingerprint density at radius 1 is 1.11 bits per heavy atom. The number of carbonyl (C=O) groups excluding carboxylic acids is 1. The highest BCUT2D eigenvalue weighted by atomic mass is 32.2. The summed E-state index contributed by atoms with van der Waals surface area (Å²) in [5.74, 6) is -0.275. The van der Waals surface area contributed by atoms with Crippen LogP contribution in [0.1, 0.15) is 0 Å². The van der Waals surface area contributed by atoms with E-state index >= 15 is 0 Å². The fourth-order valence-corrected chi connectivity index (χ4v) is 3.59. The predicted molar refractivity (Wildman–Crippen MR) is 108 cm³/mol. The fraction of sp³-hybridized carbons (Fsp3) is 0.100. The van der Waals surface area contributed by atoms with Crippen molar-refractivity contribution in [1.29, 1.82) is 0 Å². The molecule has 7 nitrogen and oxygen atoms in total. The van der Waals surface area contributed by atoms with Gasteiger partial charge in [-0.2, -0.15) is 0 Å². The largest absolute Gasteiger partial charge is 0.329 e. The van der Waals surface area contributed by atoms with Gasteiger partial charge in [-0.25, -0.2) is 9.97 Å². The van der Waals surface area contributed by atoms with Gasteiger partial charge in [0.05, 0.1) is 17.2 Å². The first-order chi connectivity index (χ1) is 13.6. The Morgan fingerprint density at radius 2 is 1.89 bits per heavy atom. The van der Waals surface area contributed by atoms with Gasteiger partial charge in [0.1, 0.15) is 6.54 Å². The lowest BCUT2D eigenvalue weighted by atomic mass is 10.3. The van der Waals surface area contributed by atoms with Gasteiger partial charge in [0, 0.05) is 30.0 Å². The van der Waals surface area contributed by atoms with Crippen LogP contribution in [-0.4, -0.2) is 25.0 Å². The van der Waals surface area contributed by atoms with Crippen molar-refractivity contribution in [3.63, 3.8) is 0 Å². The number of benzene rings is 2. The number of aromatic nitrogens is 4. The van der Waals surface area contributed by atoms with Crippen molar-refractivity contribution in [2.75, 3.05) is 5.32 Å². The number of aryl methyl sites for hydroxylation is 1. The summed E-state index contributed by atoms with van der Waals surface area (Å²) in [6.07, 6.45) is 4.88. The van der Waals surface area contributed by atoms with E-state index in [9.17, 15) is 9.59 Å². The van der Waals surface area contributed by atoms with Gasteiger partial charge in [0.25, 0.3) is 5.56 Å². The van der Waals surface area contributed by atoms with Gasteiger partial charge >= 0.3 is 0 Å². The average Bonchev–Trinajstić information content (AvgIpc) is 3.10. The van der Waals surface area contributed by atoms with Crippen molar-refractivity contribution >= 4 is 34.4 Å². The van der Waals surface area contributed by atoms with E-state index in [0.717, 1.165) is 10.1 Å². The van der Waals surface area contributed by atoms with Gasteiger partial charge in [-0.1, -0.05) is 23.9 Å². The minimum absolute atomic E-state index is 0.0777. The van der Waals surface area contributed by atoms with E-state index in [0.29, 0.717) is 16.7 Å². The zero-order chi connectivity index (χ0) is 19.5. The average molecular weight is 391 g/mol. The quantitative estimate of drug-likeness (QED) is 0.566. The number of carbonyl (C=O) groups is 1. The van der Waals surface area contributed by atoms with Crippen molar-refractivity contribution in [2.24, 2.45) is 7.05 Å². The molecule has 0 aliphatic heterocycles. The monoisotopic (exact) mass is 391 g/mol. The van der Waals surface area contributed by atoms with E-state index in [1.165, 1.54) is 10.8 Å². The van der Waals surface area contributed by atoms with Crippen LogP contribution in [-0.2, 0) is 18.4 Å². The first kappa shape index (κ1) is 18.0. The molecule has 0 radical (unpaired) electrons. The van der Waals surface area contributed by atoms with Crippen molar-refractivity contribution in [1.82, 2.24) is 19.1 Å². The van der Waals surface area contributed by atoms with Crippen molar-refractivity contribution < 1.29 is 4.79 Å². The van der Waals surface area contributed by atoms with E-state index < -0.39 is 0 Å². The molecule has 0 unspecified atom stereocenters. The minimum atomic E-state index is -0.310. The van der Waals surface area contributed by atoms with Crippen LogP contribution in [0.4, 0.5) is 5.69 Å². The number of anilines is 1. The molecule has 0 aliphatic carbocycles. The molecule has 8 heteroatoms. The van der Waals surface area contributed by atoms with Crippen LogP contribution in [0.25, 0.3) is 11.0 Å². The molecule has 28 heavy (non-hydrogen) atoms. The number of imidazole rings is 1. The third-order valence-electron chi connectivity index (χ3n) is 4.18. The van der Waals surface area contributed by atoms with Gasteiger partial charge in [0.15, 0.2) is 5.16 Å². The summed E-state index contributed by atoms with van der Waals surface area (Å²) < 4.78 is 3.36. The first-order valence-corrected chi connectivity index (χ1v) is 9.41. The summed E-state index contributed by atoms with van der Waals surface area (Å²) in [6, 6.07) is 14.7. The number of rotatable bonds is 5. The lowest BCUT2D eigenvalue weighted by molar-refractivity contribution is -0.116. The van der Waals surface area contributed by atoms with E-state index in [1.54, 1.807) is 30.1 Å². The molecule has 0 aliphatic rings. The normalized spacial score (nSPS) is 10.9. The number of nitrogens with one attached hydrogen (secondary N) is 1. The van der Waals surface area contributed by atoms with Gasteiger partial charge in [0.2, 0.25) is 5.91 Å². The summed E-state index contributed by atoms with van der Waals surface area (Å²) in [7, 11) is 1.94. The van der Waals surface area contributed by atoms with E-state index in [2.05, 4.69) is 15.3 Å². The molecule has 0 saturated carbocycles. The van der Waals surface area contributed by atoms with Crippen molar-refractivity contribution in [3.8, 4) is 0 Å². The Hall–Kier alpha value is -3.39. The second-order valence-corrected chi connectivity index (χ2v) is 7.21. The van der Waals surface area contributed by atoms with Crippen LogP contribution in [0, 0.1) is 0 Å². The zero-order valence-corrected chi connectivity index (χ0v) is 15.9. The molecule has 0 fully saturated rings. The van der Waals surface area contributed by atoms with Crippen LogP contribution in [0.5, 0.6) is 0 Å². The molecule has 0 spiro atoms. The molecule has 2 aromatic heterocycles. The maximum Gasteiger partial charge on any atom is 0.269 e. The Morgan fingerprint density at radius 3 is 2.64 bits per heavy atom. The van der Waals surface area contributed by atoms with Gasteiger partial charge in [-0.05, 0) is 36.4 Å². The summed E-state index contributed by atoms with van der Waals surface area (Å²) in [5.41, 5.74) is 1.66. The molecule has 4 aromatic rings. The van der Waals surface area contributed by atoms with Crippen LogP contribution in [0.2, 0.25) is 0 Å². The molecule has 1 N–H and O–H groups in total. The molecule has 140 valence electrons. The van der Waals surface area contributed by atoms with Crippen LogP contribution in [0.3, 0.4) is 0 Å². The SMILES string of the molecule is Cn1ccnc1Sc1ccc(NC(=O)Cn2c(=O)cnc3ccccc32)cc1. The summed E-state index contributed by atoms with van der Waals surface area (Å²) in [6.45, 7) is -0.0777. The summed E-state index contributed by atoms with van der Waals surface area (Å²) >= 11 is 1.54. The minimum Gasteiger partial charge on any atom is -0.329 e. The number of fused-ring (bicyclic) bond motifs is 1. The number of hydrogen-bond donors (Lipinski definition) is 1. The lowest BCUT2D eigenvalue weighted by Crippen LogP contribution is -2.27. The zero-order valence-electron chi connectivity index (χ0n) is 15.1. The van der Waals surface area contributed by atoms with E-state index in [1.807, 2.05) is 54.2 Å². The molecule has 0 bridgehead atoms. The number of hydrogen-bond acceptors (Lipinski definition) is 5. The van der Waals surface area contributed by atoms with Gasteiger partial charge in [-0.3, -0.25) is 14.2 Å². The van der Waals surface area contributed by atoms with Gasteiger partial charge < -0.3 is 9.88 Å². The molecule has 0 saturated heterocycles. The van der Waals surface area contributed by atoms with E-state index in [4.69, 9.17) is 0 Å². The maximum atomic E-state index is 12.5. The number of para-hydroxylation sites is 2. The Labute approximate surface area is 165 Å².